The topological polar surface area (TPSA) is 86.5 Å². The highest BCUT2D eigenvalue weighted by molar-refractivity contribution is 7.99. The van der Waals surface area contributed by atoms with Gasteiger partial charge >= 0.3 is 5.69 Å². The molecule has 0 amide bonds. The number of nitrogens with one attached hydrogen (secondary N) is 2. The fourth-order valence-electron chi connectivity index (χ4n) is 1.65. The van der Waals surface area contributed by atoms with Gasteiger partial charge in [0, 0.05) is 18.3 Å². The van der Waals surface area contributed by atoms with Crippen molar-refractivity contribution in [3.05, 3.63) is 10.5 Å². The first-order valence-electron chi connectivity index (χ1n) is 6.18. The van der Waals surface area contributed by atoms with Crippen LogP contribution in [0.5, 0.6) is 0 Å². The maximum atomic E-state index is 11.5. The molecule has 1 atom stereocenters. The molecule has 1 saturated carbocycles. The van der Waals surface area contributed by atoms with Gasteiger partial charge in [0.1, 0.15) is 6.04 Å². The third-order valence-corrected chi connectivity index (χ3v) is 3.79. The molecule has 1 heterocycles. The minimum absolute atomic E-state index is 0.177. The van der Waals surface area contributed by atoms with Crippen LogP contribution in [-0.2, 0) is 6.54 Å². The molecule has 2 rings (SSSR count). The zero-order valence-electron chi connectivity index (χ0n) is 10.3. The lowest BCUT2D eigenvalue weighted by Gasteiger charge is -2.09. The zero-order chi connectivity index (χ0) is 13.0. The molecule has 6 nitrogen and oxygen atoms in total. The van der Waals surface area contributed by atoms with Gasteiger partial charge < -0.3 is 0 Å². The first-order chi connectivity index (χ1) is 8.74. The molecule has 1 aliphatic rings. The summed E-state index contributed by atoms with van der Waals surface area (Å²) in [4.78, 5) is 11.5. The van der Waals surface area contributed by atoms with Crippen molar-refractivity contribution >= 4 is 11.8 Å². The molecule has 0 aliphatic heterocycles. The summed E-state index contributed by atoms with van der Waals surface area (Å²) in [5, 5.41) is 19.4. The van der Waals surface area contributed by atoms with Gasteiger partial charge in [0.15, 0.2) is 5.16 Å². The highest BCUT2D eigenvalue weighted by atomic mass is 32.2. The molecule has 0 saturated heterocycles. The number of nitriles is 1. The van der Waals surface area contributed by atoms with Crippen molar-refractivity contribution in [2.24, 2.45) is 0 Å². The van der Waals surface area contributed by atoms with Gasteiger partial charge in [-0.05, 0) is 19.3 Å². The van der Waals surface area contributed by atoms with Gasteiger partial charge in [0.2, 0.25) is 0 Å². The van der Waals surface area contributed by atoms with Gasteiger partial charge in [-0.25, -0.2) is 9.89 Å². The number of H-pyrrole nitrogens is 1. The van der Waals surface area contributed by atoms with Crippen LogP contribution >= 0.6 is 11.8 Å². The Bertz CT molecular complexity index is 484. The van der Waals surface area contributed by atoms with E-state index in [0.29, 0.717) is 23.5 Å². The lowest BCUT2D eigenvalue weighted by atomic mass is 10.4. The normalized spacial score (nSPS) is 16.4. The molecule has 0 spiro atoms. The Morgan fingerprint density at radius 3 is 3.11 bits per heavy atom. The van der Waals surface area contributed by atoms with E-state index in [-0.39, 0.29) is 11.7 Å². The lowest BCUT2D eigenvalue weighted by Crippen LogP contribution is -2.31. The first-order valence-corrected chi connectivity index (χ1v) is 7.16. The molecule has 1 aromatic rings. The quantitative estimate of drug-likeness (QED) is 0.711. The Balaban J connectivity index is 1.92. The van der Waals surface area contributed by atoms with Crippen LogP contribution in [0.3, 0.4) is 0 Å². The van der Waals surface area contributed by atoms with E-state index in [1.54, 1.807) is 4.57 Å². The van der Waals surface area contributed by atoms with E-state index in [9.17, 15) is 4.79 Å². The Hall–Kier alpha value is -1.26. The van der Waals surface area contributed by atoms with Crippen molar-refractivity contribution in [3.8, 4) is 6.07 Å². The number of thioether (sulfide) groups is 1. The molecule has 18 heavy (non-hydrogen) atoms. The van der Waals surface area contributed by atoms with E-state index in [4.69, 9.17) is 5.26 Å². The van der Waals surface area contributed by atoms with E-state index in [2.05, 4.69) is 21.6 Å². The molecule has 0 aromatic carbocycles. The van der Waals surface area contributed by atoms with E-state index < -0.39 is 0 Å². The smallest absolute Gasteiger partial charge is 0.298 e. The van der Waals surface area contributed by atoms with E-state index in [1.807, 2.05) is 6.92 Å². The van der Waals surface area contributed by atoms with Gasteiger partial charge in [-0.1, -0.05) is 18.7 Å². The van der Waals surface area contributed by atoms with E-state index >= 15 is 0 Å². The highest BCUT2D eigenvalue weighted by Crippen LogP contribution is 2.21. The van der Waals surface area contributed by atoms with Crippen LogP contribution in [0, 0.1) is 11.3 Å². The minimum atomic E-state index is -0.178. The maximum absolute atomic E-state index is 11.5. The minimum Gasteiger partial charge on any atom is -0.298 e. The van der Waals surface area contributed by atoms with Crippen LogP contribution in [0.15, 0.2) is 9.95 Å². The average Bonchev–Trinajstić information content (AvgIpc) is 3.12. The van der Waals surface area contributed by atoms with Crippen molar-refractivity contribution in [1.29, 1.82) is 5.26 Å². The number of hydrogen-bond donors (Lipinski definition) is 2. The summed E-state index contributed by atoms with van der Waals surface area (Å²) >= 11 is 1.45. The van der Waals surface area contributed by atoms with Gasteiger partial charge in [-0.15, -0.1) is 5.10 Å². The molecule has 0 bridgehead atoms. The van der Waals surface area contributed by atoms with E-state index in [1.165, 1.54) is 11.8 Å². The summed E-state index contributed by atoms with van der Waals surface area (Å²) in [7, 11) is 0. The van der Waals surface area contributed by atoms with Crippen LogP contribution in [-0.4, -0.2) is 32.6 Å². The van der Waals surface area contributed by atoms with Gasteiger partial charge in [0.05, 0.1) is 6.07 Å². The number of rotatable bonds is 7. The predicted molar refractivity (Wildman–Crippen MR) is 69.4 cm³/mol. The Labute approximate surface area is 110 Å². The monoisotopic (exact) mass is 267 g/mol. The molecule has 98 valence electrons. The fourth-order valence-corrected chi connectivity index (χ4v) is 2.58. The SMILES string of the molecule is CCCn1c(SCC(C#N)NC2CC2)n[nH]c1=O. The Morgan fingerprint density at radius 1 is 1.72 bits per heavy atom. The van der Waals surface area contributed by atoms with Crippen molar-refractivity contribution in [2.45, 2.75) is 50.0 Å². The van der Waals surface area contributed by atoms with Gasteiger partial charge in [-0.2, -0.15) is 5.26 Å². The molecule has 0 radical (unpaired) electrons. The summed E-state index contributed by atoms with van der Waals surface area (Å²) in [6.45, 7) is 2.67. The third kappa shape index (κ3) is 3.37. The second-order valence-corrected chi connectivity index (χ2v) is 5.38. The van der Waals surface area contributed by atoms with Gasteiger partial charge in [0.25, 0.3) is 0 Å². The number of aromatic amines is 1. The molecule has 1 unspecified atom stereocenters. The standard InChI is InChI=1S/C11H17N5OS/c1-2-5-16-10(17)14-15-11(16)18-7-9(6-12)13-8-3-4-8/h8-9,13H,2-5,7H2,1H3,(H,14,17). The molecule has 1 fully saturated rings. The summed E-state index contributed by atoms with van der Waals surface area (Å²) in [5.41, 5.74) is -0.178. The molecule has 7 heteroatoms. The second kappa shape index (κ2) is 6.07. The van der Waals surface area contributed by atoms with Crippen molar-refractivity contribution < 1.29 is 0 Å². The zero-order valence-corrected chi connectivity index (χ0v) is 11.2. The maximum Gasteiger partial charge on any atom is 0.343 e. The van der Waals surface area contributed by atoms with Crippen LogP contribution < -0.4 is 11.0 Å². The van der Waals surface area contributed by atoms with E-state index in [0.717, 1.165) is 19.3 Å². The largest absolute Gasteiger partial charge is 0.343 e. The predicted octanol–water partition coefficient (Wildman–Crippen LogP) is 0.718. The highest BCUT2D eigenvalue weighted by Gasteiger charge is 2.24. The number of nitrogens with zero attached hydrogens (tertiary/aromatic N) is 3. The lowest BCUT2D eigenvalue weighted by molar-refractivity contribution is 0.601. The molecule has 1 aromatic heterocycles. The number of hydrogen-bond acceptors (Lipinski definition) is 5. The second-order valence-electron chi connectivity index (χ2n) is 4.40. The van der Waals surface area contributed by atoms with Crippen LogP contribution in [0.1, 0.15) is 26.2 Å². The molecule has 1 aliphatic carbocycles. The van der Waals surface area contributed by atoms with Gasteiger partial charge in [-0.3, -0.25) is 9.88 Å². The fraction of sp³-hybridized carbons (Fsp3) is 0.727. The molecular formula is C11H17N5OS. The third-order valence-electron chi connectivity index (χ3n) is 2.72. The first kappa shape index (κ1) is 13.2. The van der Waals surface area contributed by atoms with Crippen molar-refractivity contribution in [2.75, 3.05) is 5.75 Å². The summed E-state index contributed by atoms with van der Waals surface area (Å²) in [5.74, 6) is 0.612. The Morgan fingerprint density at radius 2 is 2.50 bits per heavy atom. The Kier molecular flexibility index (Phi) is 4.44. The molecule has 2 N–H and O–H groups in total. The summed E-state index contributed by atoms with van der Waals surface area (Å²) < 4.78 is 1.62. The average molecular weight is 267 g/mol. The van der Waals surface area contributed by atoms with Crippen LogP contribution in [0.2, 0.25) is 0 Å². The van der Waals surface area contributed by atoms with Crippen molar-refractivity contribution in [3.63, 3.8) is 0 Å². The number of aromatic nitrogens is 3. The van der Waals surface area contributed by atoms with Crippen molar-refractivity contribution in [1.82, 2.24) is 20.1 Å². The molecular weight excluding hydrogens is 250 g/mol. The van der Waals surface area contributed by atoms with Crippen LogP contribution in [0.4, 0.5) is 0 Å². The van der Waals surface area contributed by atoms with Crippen LogP contribution in [0.25, 0.3) is 0 Å². The summed E-state index contributed by atoms with van der Waals surface area (Å²) in [6, 6.07) is 2.57. The summed E-state index contributed by atoms with van der Waals surface area (Å²) in [6.07, 6.45) is 3.20.